The fourth-order valence-electron chi connectivity index (χ4n) is 4.42. The van der Waals surface area contributed by atoms with Gasteiger partial charge in [-0.05, 0) is 49.2 Å². The number of esters is 1. The van der Waals surface area contributed by atoms with Crippen LogP contribution in [-0.4, -0.2) is 56.2 Å². The second-order valence-corrected chi connectivity index (χ2v) is 8.83. The lowest BCUT2D eigenvalue weighted by atomic mass is 9.94. The number of halogens is 2. The van der Waals surface area contributed by atoms with E-state index >= 15 is 0 Å². The molecule has 2 heterocycles. The summed E-state index contributed by atoms with van der Waals surface area (Å²) in [4.78, 5) is 29.9. The number of hydrogen-bond donors (Lipinski definition) is 2. The Morgan fingerprint density at radius 1 is 1.18 bits per heavy atom. The Morgan fingerprint density at radius 2 is 1.94 bits per heavy atom. The second-order valence-electron chi connectivity index (χ2n) is 8.39. The number of piperazine rings is 1. The topological polar surface area (TPSA) is 73.9 Å². The summed E-state index contributed by atoms with van der Waals surface area (Å²) in [5.74, 6) is -0.977. The fraction of sp³-hybridized carbons (Fsp3) is 0.360. The first-order valence-corrected chi connectivity index (χ1v) is 11.7. The van der Waals surface area contributed by atoms with Gasteiger partial charge in [-0.3, -0.25) is 4.90 Å². The third-order valence-corrected chi connectivity index (χ3v) is 6.33. The van der Waals surface area contributed by atoms with Crippen LogP contribution in [0.5, 0.6) is 0 Å². The average Bonchev–Trinajstić information content (AvgIpc) is 2.81. The van der Waals surface area contributed by atoms with Crippen molar-refractivity contribution in [2.24, 2.45) is 0 Å². The van der Waals surface area contributed by atoms with E-state index in [1.54, 1.807) is 19.1 Å². The number of nitrogens with one attached hydrogen (secondary N) is 2. The SMILES string of the molecule is CCOC(=O)C1=C(CN2CCN(c3cc(Cl)ccc3C)CC2)NC(=O)N[C@H]1c1cccc(F)c1. The first-order chi connectivity index (χ1) is 16.4. The van der Waals surface area contributed by atoms with E-state index in [-0.39, 0.29) is 6.61 Å². The number of carbonyl (C=O) groups is 2. The van der Waals surface area contributed by atoms with Crippen molar-refractivity contribution in [3.8, 4) is 0 Å². The molecule has 0 saturated carbocycles. The molecule has 0 spiro atoms. The maximum Gasteiger partial charge on any atom is 0.338 e. The summed E-state index contributed by atoms with van der Waals surface area (Å²) in [7, 11) is 0. The maximum atomic E-state index is 13.9. The van der Waals surface area contributed by atoms with Gasteiger partial charge in [0, 0.05) is 49.1 Å². The third-order valence-electron chi connectivity index (χ3n) is 6.10. The molecule has 4 rings (SSSR count). The number of urea groups is 1. The lowest BCUT2D eigenvalue weighted by Crippen LogP contribution is -2.52. The third kappa shape index (κ3) is 5.34. The van der Waals surface area contributed by atoms with Crippen molar-refractivity contribution in [3.05, 3.63) is 75.7 Å². The number of amides is 2. The quantitative estimate of drug-likeness (QED) is 0.608. The van der Waals surface area contributed by atoms with Crippen molar-refractivity contribution in [3.63, 3.8) is 0 Å². The minimum Gasteiger partial charge on any atom is -0.463 e. The van der Waals surface area contributed by atoms with Gasteiger partial charge in [-0.25, -0.2) is 14.0 Å². The monoisotopic (exact) mass is 486 g/mol. The molecule has 34 heavy (non-hydrogen) atoms. The normalized spacial score (nSPS) is 19.0. The first kappa shape index (κ1) is 24.0. The molecule has 7 nitrogen and oxygen atoms in total. The zero-order valence-electron chi connectivity index (χ0n) is 19.2. The standard InChI is InChI=1S/C25H28ClFN4O3/c1-3-34-24(32)22-20(28-25(33)29-23(22)17-5-4-6-19(27)13-17)15-30-9-11-31(12-10-30)21-14-18(26)8-7-16(21)2/h4-8,13-14,23H,3,9-12,15H2,1-2H3,(H2,28,29,33)/t23-/m0/s1. The molecule has 1 atom stereocenters. The predicted octanol–water partition coefficient (Wildman–Crippen LogP) is 3.78. The van der Waals surface area contributed by atoms with Gasteiger partial charge in [0.15, 0.2) is 0 Å². The molecule has 2 amide bonds. The highest BCUT2D eigenvalue weighted by Gasteiger charge is 2.35. The van der Waals surface area contributed by atoms with Gasteiger partial charge in [0.1, 0.15) is 5.82 Å². The van der Waals surface area contributed by atoms with Gasteiger partial charge in [0.2, 0.25) is 0 Å². The Labute approximate surface area is 203 Å². The van der Waals surface area contributed by atoms with E-state index in [1.807, 2.05) is 18.2 Å². The lowest BCUT2D eigenvalue weighted by Gasteiger charge is -2.38. The largest absolute Gasteiger partial charge is 0.463 e. The number of ether oxygens (including phenoxy) is 1. The van der Waals surface area contributed by atoms with Crippen LogP contribution in [0, 0.1) is 12.7 Å². The van der Waals surface area contributed by atoms with Crippen LogP contribution in [0.15, 0.2) is 53.7 Å². The molecule has 2 N–H and O–H groups in total. The van der Waals surface area contributed by atoms with Crippen LogP contribution in [0.2, 0.25) is 5.02 Å². The molecule has 2 aromatic carbocycles. The van der Waals surface area contributed by atoms with Crippen molar-refractivity contribution in [2.45, 2.75) is 19.9 Å². The maximum absolute atomic E-state index is 13.9. The van der Waals surface area contributed by atoms with E-state index in [2.05, 4.69) is 27.4 Å². The minimum atomic E-state index is -0.797. The number of rotatable bonds is 6. The van der Waals surface area contributed by atoms with E-state index in [0.717, 1.165) is 37.4 Å². The summed E-state index contributed by atoms with van der Waals surface area (Å²) < 4.78 is 19.2. The summed E-state index contributed by atoms with van der Waals surface area (Å²) in [5, 5.41) is 6.23. The zero-order valence-corrected chi connectivity index (χ0v) is 20.0. The highest BCUT2D eigenvalue weighted by atomic mass is 35.5. The highest BCUT2D eigenvalue weighted by molar-refractivity contribution is 6.30. The van der Waals surface area contributed by atoms with Gasteiger partial charge in [0.25, 0.3) is 0 Å². The zero-order chi connectivity index (χ0) is 24.2. The van der Waals surface area contributed by atoms with Crippen molar-refractivity contribution in [1.82, 2.24) is 15.5 Å². The number of nitrogens with zero attached hydrogens (tertiary/aromatic N) is 2. The van der Waals surface area contributed by atoms with E-state index in [9.17, 15) is 14.0 Å². The molecule has 0 aromatic heterocycles. The smallest absolute Gasteiger partial charge is 0.338 e. The van der Waals surface area contributed by atoms with Crippen LogP contribution in [0.1, 0.15) is 24.1 Å². The van der Waals surface area contributed by atoms with Crippen LogP contribution in [-0.2, 0) is 9.53 Å². The van der Waals surface area contributed by atoms with Crippen LogP contribution < -0.4 is 15.5 Å². The number of carbonyl (C=O) groups excluding carboxylic acids is 2. The molecule has 0 bridgehead atoms. The summed E-state index contributed by atoms with van der Waals surface area (Å²) in [6.45, 7) is 7.38. The molecule has 1 saturated heterocycles. The molecule has 2 aliphatic heterocycles. The number of hydrogen-bond acceptors (Lipinski definition) is 5. The van der Waals surface area contributed by atoms with Gasteiger partial charge in [-0.1, -0.05) is 29.8 Å². The lowest BCUT2D eigenvalue weighted by molar-refractivity contribution is -0.139. The average molecular weight is 487 g/mol. The number of aryl methyl sites for hydroxylation is 1. The Hall–Kier alpha value is -3.10. The summed E-state index contributed by atoms with van der Waals surface area (Å²) in [6, 6.07) is 10.5. The van der Waals surface area contributed by atoms with E-state index < -0.39 is 23.9 Å². The van der Waals surface area contributed by atoms with Gasteiger partial charge in [0.05, 0.1) is 18.2 Å². The van der Waals surface area contributed by atoms with Gasteiger partial charge in [-0.2, -0.15) is 0 Å². The van der Waals surface area contributed by atoms with Crippen LogP contribution in [0.4, 0.5) is 14.9 Å². The predicted molar refractivity (Wildman–Crippen MR) is 129 cm³/mol. The molecule has 2 aliphatic rings. The number of anilines is 1. The Bertz CT molecular complexity index is 1120. The van der Waals surface area contributed by atoms with Crippen LogP contribution >= 0.6 is 11.6 Å². The van der Waals surface area contributed by atoms with Gasteiger partial charge < -0.3 is 20.3 Å². The van der Waals surface area contributed by atoms with Crippen LogP contribution in [0.25, 0.3) is 0 Å². The molecule has 2 aromatic rings. The van der Waals surface area contributed by atoms with E-state index in [0.29, 0.717) is 28.4 Å². The molecule has 9 heteroatoms. The Morgan fingerprint density at radius 3 is 2.65 bits per heavy atom. The van der Waals surface area contributed by atoms with Gasteiger partial charge in [-0.15, -0.1) is 0 Å². The molecule has 1 fully saturated rings. The van der Waals surface area contributed by atoms with Crippen molar-refractivity contribution in [2.75, 3.05) is 44.2 Å². The Balaban J connectivity index is 1.56. The molecular formula is C25H28ClFN4O3. The van der Waals surface area contributed by atoms with Crippen molar-refractivity contribution < 1.29 is 18.7 Å². The first-order valence-electron chi connectivity index (χ1n) is 11.3. The molecule has 0 unspecified atom stereocenters. The molecular weight excluding hydrogens is 459 g/mol. The van der Waals surface area contributed by atoms with E-state index in [4.69, 9.17) is 16.3 Å². The molecule has 180 valence electrons. The van der Waals surface area contributed by atoms with Gasteiger partial charge >= 0.3 is 12.0 Å². The van der Waals surface area contributed by atoms with E-state index in [1.165, 1.54) is 12.1 Å². The molecule has 0 aliphatic carbocycles. The van der Waals surface area contributed by atoms with Crippen molar-refractivity contribution in [1.29, 1.82) is 0 Å². The summed E-state index contributed by atoms with van der Waals surface area (Å²) in [5.41, 5.74) is 3.52. The van der Waals surface area contributed by atoms with Crippen LogP contribution in [0.3, 0.4) is 0 Å². The molecule has 0 radical (unpaired) electrons. The minimum absolute atomic E-state index is 0.192. The van der Waals surface area contributed by atoms with Crippen molar-refractivity contribution >= 4 is 29.3 Å². The number of benzene rings is 2. The summed E-state index contributed by atoms with van der Waals surface area (Å²) in [6.07, 6.45) is 0. The highest BCUT2D eigenvalue weighted by Crippen LogP contribution is 2.29. The second kappa shape index (κ2) is 10.4. The fourth-order valence-corrected chi connectivity index (χ4v) is 4.59. The summed E-state index contributed by atoms with van der Waals surface area (Å²) >= 11 is 6.20. The Kier molecular flexibility index (Phi) is 7.38.